The number of phenols is 2. The second kappa shape index (κ2) is 18.2. The predicted molar refractivity (Wildman–Crippen MR) is 198 cm³/mol. The van der Waals surface area contributed by atoms with Crippen molar-refractivity contribution in [3.63, 3.8) is 0 Å². The third kappa shape index (κ3) is 11.8. The number of halogens is 5. The number of hydrogen-bond donors (Lipinski definition) is 2. The summed E-state index contributed by atoms with van der Waals surface area (Å²) in [6, 6.07) is 28.7. The fraction of sp³-hybridized carbons (Fsp3) is 0.385. The van der Waals surface area contributed by atoms with Crippen molar-refractivity contribution in [2.24, 2.45) is 11.8 Å². The van der Waals surface area contributed by atoms with Gasteiger partial charge in [-0.05, 0) is 90.3 Å². The van der Waals surface area contributed by atoms with Crippen LogP contribution in [0.5, 0.6) is 17.2 Å². The Labute approximate surface area is 305 Å². The normalized spacial score (nSPS) is 13.1. The molecular formula is C39H47Cl2F3O5S. The molecule has 0 aromatic heterocycles. The molecule has 0 aliphatic rings. The Hall–Kier alpha value is -3.40. The first-order valence-corrected chi connectivity index (χ1v) is 18.6. The molecule has 0 spiro atoms. The SMILES string of the molecule is CC(C)CC(C)(c1ccc(O)cc1)c1ccc(O)cc1.Cc1ccc(C(C)(CC(C)C)c2ccc(OS(=O)(=O)C(F)(F)F)cc2)cc1.ClCCl. The van der Waals surface area contributed by atoms with Crippen molar-refractivity contribution >= 4 is 33.3 Å². The van der Waals surface area contributed by atoms with Crippen molar-refractivity contribution in [1.82, 2.24) is 0 Å². The zero-order valence-corrected chi connectivity index (χ0v) is 31.8. The summed E-state index contributed by atoms with van der Waals surface area (Å²) in [6.45, 7) is 14.9. The Bertz CT molecular complexity index is 1660. The van der Waals surface area contributed by atoms with Crippen LogP contribution in [0, 0.1) is 18.8 Å². The summed E-state index contributed by atoms with van der Waals surface area (Å²) in [5.41, 5.74) is -0.523. The van der Waals surface area contributed by atoms with Gasteiger partial charge >= 0.3 is 15.6 Å². The molecule has 50 heavy (non-hydrogen) atoms. The molecule has 0 saturated heterocycles. The summed E-state index contributed by atoms with van der Waals surface area (Å²) in [5, 5.41) is 19.2. The molecule has 11 heteroatoms. The van der Waals surface area contributed by atoms with Gasteiger partial charge in [0.25, 0.3) is 0 Å². The Balaban J connectivity index is 0.000000333. The van der Waals surface area contributed by atoms with E-state index < -0.39 is 15.6 Å². The molecular weight excluding hydrogens is 708 g/mol. The van der Waals surface area contributed by atoms with Crippen LogP contribution >= 0.6 is 23.2 Å². The smallest absolute Gasteiger partial charge is 0.508 e. The molecule has 1 unspecified atom stereocenters. The van der Waals surface area contributed by atoms with E-state index in [1.807, 2.05) is 55.5 Å². The molecule has 0 aliphatic carbocycles. The number of alkyl halides is 5. The van der Waals surface area contributed by atoms with Crippen LogP contribution in [0.15, 0.2) is 97.1 Å². The minimum Gasteiger partial charge on any atom is -0.508 e. The predicted octanol–water partition coefficient (Wildman–Crippen LogP) is 11.4. The van der Waals surface area contributed by atoms with Gasteiger partial charge in [-0.2, -0.15) is 21.6 Å². The van der Waals surface area contributed by atoms with E-state index >= 15 is 0 Å². The van der Waals surface area contributed by atoms with Crippen LogP contribution in [0.2, 0.25) is 0 Å². The van der Waals surface area contributed by atoms with Crippen molar-refractivity contribution < 1.29 is 36.0 Å². The van der Waals surface area contributed by atoms with Crippen LogP contribution in [0.4, 0.5) is 13.2 Å². The first-order chi connectivity index (χ1) is 23.2. The van der Waals surface area contributed by atoms with E-state index in [9.17, 15) is 31.8 Å². The molecule has 5 nitrogen and oxygen atoms in total. The van der Waals surface area contributed by atoms with Crippen LogP contribution in [-0.2, 0) is 20.9 Å². The first-order valence-electron chi connectivity index (χ1n) is 16.1. The van der Waals surface area contributed by atoms with E-state index in [1.54, 1.807) is 36.4 Å². The summed E-state index contributed by atoms with van der Waals surface area (Å²) in [7, 11) is -5.68. The molecule has 0 fully saturated rings. The third-order valence-electron chi connectivity index (χ3n) is 8.31. The van der Waals surface area contributed by atoms with Gasteiger partial charge in [-0.3, -0.25) is 0 Å². The van der Waals surface area contributed by atoms with Crippen molar-refractivity contribution in [2.45, 2.75) is 77.6 Å². The van der Waals surface area contributed by atoms with E-state index in [0.29, 0.717) is 11.8 Å². The maximum atomic E-state index is 12.5. The molecule has 1 atom stereocenters. The number of benzene rings is 4. The molecule has 0 saturated carbocycles. The lowest BCUT2D eigenvalue weighted by Gasteiger charge is -2.33. The van der Waals surface area contributed by atoms with Gasteiger partial charge in [0.1, 0.15) is 17.2 Å². The summed E-state index contributed by atoms with van der Waals surface area (Å²) < 4.78 is 63.9. The zero-order chi connectivity index (χ0) is 37.9. The van der Waals surface area contributed by atoms with Crippen LogP contribution in [-0.4, -0.2) is 29.5 Å². The van der Waals surface area contributed by atoms with E-state index in [4.69, 9.17) is 23.2 Å². The lowest BCUT2D eigenvalue weighted by molar-refractivity contribution is -0.0500. The molecule has 0 radical (unpaired) electrons. The highest BCUT2D eigenvalue weighted by Crippen LogP contribution is 2.40. The average Bonchev–Trinajstić information content (AvgIpc) is 3.01. The zero-order valence-electron chi connectivity index (χ0n) is 29.4. The van der Waals surface area contributed by atoms with Gasteiger partial charge in [-0.25, -0.2) is 0 Å². The van der Waals surface area contributed by atoms with E-state index in [-0.39, 0.29) is 33.4 Å². The van der Waals surface area contributed by atoms with Crippen molar-refractivity contribution in [3.05, 3.63) is 125 Å². The molecule has 2 N–H and O–H groups in total. The van der Waals surface area contributed by atoms with Crippen molar-refractivity contribution in [2.75, 3.05) is 5.34 Å². The number of aryl methyl sites for hydroxylation is 1. The minimum atomic E-state index is -5.68. The molecule has 4 aromatic rings. The molecule has 0 amide bonds. The van der Waals surface area contributed by atoms with Gasteiger partial charge in [-0.15, -0.1) is 23.2 Å². The van der Waals surface area contributed by atoms with Crippen LogP contribution in [0.25, 0.3) is 0 Å². The topological polar surface area (TPSA) is 83.8 Å². The van der Waals surface area contributed by atoms with E-state index in [1.165, 1.54) is 23.3 Å². The van der Waals surface area contributed by atoms with Crippen molar-refractivity contribution in [1.29, 1.82) is 0 Å². The van der Waals surface area contributed by atoms with Gasteiger partial charge in [0, 0.05) is 10.8 Å². The highest BCUT2D eigenvalue weighted by molar-refractivity contribution is 7.88. The number of rotatable bonds is 10. The van der Waals surface area contributed by atoms with Crippen LogP contribution in [0.1, 0.15) is 82.2 Å². The van der Waals surface area contributed by atoms with Gasteiger partial charge in [0.15, 0.2) is 0 Å². The summed E-state index contributed by atoms with van der Waals surface area (Å²) >= 11 is 9.53. The monoisotopic (exact) mass is 754 g/mol. The molecule has 274 valence electrons. The highest BCUT2D eigenvalue weighted by atomic mass is 35.5. The van der Waals surface area contributed by atoms with E-state index in [0.717, 1.165) is 29.5 Å². The maximum absolute atomic E-state index is 12.5. The maximum Gasteiger partial charge on any atom is 0.534 e. The third-order valence-corrected chi connectivity index (χ3v) is 9.29. The van der Waals surface area contributed by atoms with Gasteiger partial charge in [0.05, 0.1) is 5.34 Å². The molecule has 4 aromatic carbocycles. The second-order valence-corrected chi connectivity index (χ2v) is 15.8. The number of aromatic hydroxyl groups is 2. The highest BCUT2D eigenvalue weighted by Gasteiger charge is 2.48. The molecule has 0 heterocycles. The lowest BCUT2D eigenvalue weighted by Crippen LogP contribution is -2.28. The second-order valence-electron chi connectivity index (χ2n) is 13.4. The Morgan fingerprint density at radius 2 is 0.900 bits per heavy atom. The van der Waals surface area contributed by atoms with Gasteiger partial charge in [0.2, 0.25) is 0 Å². The summed E-state index contributed by atoms with van der Waals surface area (Å²) in [4.78, 5) is 0. The van der Waals surface area contributed by atoms with Crippen LogP contribution < -0.4 is 4.18 Å². The van der Waals surface area contributed by atoms with Crippen LogP contribution in [0.3, 0.4) is 0 Å². The fourth-order valence-electron chi connectivity index (χ4n) is 6.07. The quantitative estimate of drug-likeness (QED) is 0.0956. The van der Waals surface area contributed by atoms with E-state index in [2.05, 4.69) is 45.7 Å². The van der Waals surface area contributed by atoms with Gasteiger partial charge < -0.3 is 14.4 Å². The van der Waals surface area contributed by atoms with Crippen molar-refractivity contribution in [3.8, 4) is 17.2 Å². The minimum absolute atomic E-state index is 0.129. The van der Waals surface area contributed by atoms with Gasteiger partial charge in [-0.1, -0.05) is 108 Å². The first kappa shape index (κ1) is 42.8. The fourth-order valence-corrected chi connectivity index (χ4v) is 6.53. The Morgan fingerprint density at radius 1 is 0.620 bits per heavy atom. The Kier molecular flexibility index (Phi) is 15.6. The largest absolute Gasteiger partial charge is 0.534 e. The number of phenolic OH excluding ortho intramolecular Hbond substituents is 2. The molecule has 4 rings (SSSR count). The number of hydrogen-bond acceptors (Lipinski definition) is 5. The average molecular weight is 756 g/mol. The molecule has 0 aliphatic heterocycles. The lowest BCUT2D eigenvalue weighted by atomic mass is 9.71. The summed E-state index contributed by atoms with van der Waals surface area (Å²) in [5.74, 6) is 1.12. The Morgan fingerprint density at radius 3 is 1.18 bits per heavy atom. The standard InChI is InChI=1S/C20H23F3O3S.C18H22O2.CH2Cl2/c1-14(2)13-19(4,16-7-5-15(3)6-8-16)17-9-11-18(12-10-17)26-27(24,25)20(21,22)23;1-13(2)12-18(3,14-4-8-16(19)9-5-14)15-6-10-17(20)11-7-15;2-1-3/h5-12,14H,13H2,1-4H3;4-11,13,19-20H,12H2,1-3H3;1H2. The summed E-state index contributed by atoms with van der Waals surface area (Å²) in [6.07, 6.45) is 1.82. The molecule has 0 bridgehead atoms.